The molecule has 134 valence electrons. The Kier molecular flexibility index (Phi) is 5.24. The molecule has 0 N–H and O–H groups in total. The molecule has 1 aliphatic rings. The topological polar surface area (TPSA) is 25.2 Å². The van der Waals surface area contributed by atoms with Crippen LogP contribution in [0.15, 0.2) is 42.6 Å². The predicted molar refractivity (Wildman–Crippen MR) is 103 cm³/mol. The standard InChI is InChI=1S/C21H27ClN2O/c1-21(2,3)24(20(25)17-8-5-9-17)15-19-11-6-12-23(19)14-16-7-4-10-18(22)13-16/h4,6-7,10-13,17H,5,8-9,14-15H2,1-3H3. The summed E-state index contributed by atoms with van der Waals surface area (Å²) in [6.07, 6.45) is 5.33. The predicted octanol–water partition coefficient (Wildman–Crippen LogP) is 5.12. The van der Waals surface area contributed by atoms with Crippen LogP contribution in [0.2, 0.25) is 5.02 Å². The van der Waals surface area contributed by atoms with Crippen molar-refractivity contribution in [3.05, 3.63) is 58.9 Å². The molecule has 0 aliphatic heterocycles. The molecule has 1 amide bonds. The minimum Gasteiger partial charge on any atom is -0.345 e. The van der Waals surface area contributed by atoms with Gasteiger partial charge in [0.25, 0.3) is 0 Å². The van der Waals surface area contributed by atoms with Gasteiger partial charge in [0, 0.05) is 34.9 Å². The molecule has 1 fully saturated rings. The highest BCUT2D eigenvalue weighted by molar-refractivity contribution is 6.30. The van der Waals surface area contributed by atoms with Crippen LogP contribution >= 0.6 is 11.6 Å². The molecule has 2 aromatic rings. The lowest BCUT2D eigenvalue weighted by Crippen LogP contribution is -2.49. The number of aromatic nitrogens is 1. The molecular weight excluding hydrogens is 332 g/mol. The van der Waals surface area contributed by atoms with Crippen LogP contribution in [0.4, 0.5) is 0 Å². The molecule has 3 rings (SSSR count). The van der Waals surface area contributed by atoms with Crippen LogP contribution in [0, 0.1) is 5.92 Å². The fourth-order valence-corrected chi connectivity index (χ4v) is 3.48. The van der Waals surface area contributed by atoms with Crippen LogP contribution in [0.25, 0.3) is 0 Å². The summed E-state index contributed by atoms with van der Waals surface area (Å²) in [6.45, 7) is 7.76. The third kappa shape index (κ3) is 4.27. The Morgan fingerprint density at radius 1 is 1.24 bits per heavy atom. The Morgan fingerprint density at radius 3 is 2.60 bits per heavy atom. The van der Waals surface area contributed by atoms with Crippen LogP contribution < -0.4 is 0 Å². The lowest BCUT2D eigenvalue weighted by molar-refractivity contribution is -0.144. The fraction of sp³-hybridized carbons (Fsp3) is 0.476. The summed E-state index contributed by atoms with van der Waals surface area (Å²) < 4.78 is 2.21. The lowest BCUT2D eigenvalue weighted by atomic mass is 9.83. The number of rotatable bonds is 5. The van der Waals surface area contributed by atoms with E-state index in [1.807, 2.05) is 23.1 Å². The third-order valence-corrected chi connectivity index (χ3v) is 5.25. The summed E-state index contributed by atoms with van der Waals surface area (Å²) >= 11 is 6.11. The maximum atomic E-state index is 12.9. The average Bonchev–Trinajstić information content (AvgIpc) is 2.88. The summed E-state index contributed by atoms with van der Waals surface area (Å²) in [4.78, 5) is 15.0. The number of amides is 1. The van der Waals surface area contributed by atoms with Gasteiger partial charge in [0.1, 0.15) is 0 Å². The van der Waals surface area contributed by atoms with E-state index in [9.17, 15) is 4.79 Å². The number of hydrogen-bond donors (Lipinski definition) is 0. The first kappa shape index (κ1) is 18.1. The van der Waals surface area contributed by atoms with E-state index in [4.69, 9.17) is 11.6 Å². The van der Waals surface area contributed by atoms with Crippen molar-refractivity contribution in [1.29, 1.82) is 0 Å². The van der Waals surface area contributed by atoms with Crippen molar-refractivity contribution in [2.75, 3.05) is 0 Å². The molecule has 0 bridgehead atoms. The van der Waals surface area contributed by atoms with Crippen LogP contribution in [0.1, 0.15) is 51.3 Å². The number of benzene rings is 1. The van der Waals surface area contributed by atoms with Gasteiger partial charge in [-0.25, -0.2) is 0 Å². The quantitative estimate of drug-likeness (QED) is 0.728. The maximum absolute atomic E-state index is 12.9. The summed E-state index contributed by atoms with van der Waals surface area (Å²) in [5, 5.41) is 0.752. The molecule has 1 saturated carbocycles. The third-order valence-electron chi connectivity index (χ3n) is 5.02. The first-order chi connectivity index (χ1) is 11.8. The van der Waals surface area contributed by atoms with Crippen LogP contribution in [0.5, 0.6) is 0 Å². The Hall–Kier alpha value is -1.74. The normalized spacial score (nSPS) is 15.0. The van der Waals surface area contributed by atoms with Gasteiger partial charge in [-0.05, 0) is 63.4 Å². The number of carbonyl (C=O) groups excluding carboxylic acids is 1. The molecule has 0 unspecified atom stereocenters. The fourth-order valence-electron chi connectivity index (χ4n) is 3.26. The summed E-state index contributed by atoms with van der Waals surface area (Å²) in [7, 11) is 0. The highest BCUT2D eigenvalue weighted by atomic mass is 35.5. The molecule has 0 saturated heterocycles. The zero-order chi connectivity index (χ0) is 18.0. The first-order valence-corrected chi connectivity index (χ1v) is 9.42. The lowest BCUT2D eigenvalue weighted by Gasteiger charge is -2.40. The van der Waals surface area contributed by atoms with Crippen molar-refractivity contribution >= 4 is 17.5 Å². The van der Waals surface area contributed by atoms with Crippen LogP contribution in [0.3, 0.4) is 0 Å². The molecule has 1 aromatic carbocycles. The van der Waals surface area contributed by atoms with Gasteiger partial charge in [0.05, 0.1) is 6.54 Å². The minimum absolute atomic E-state index is 0.183. The van der Waals surface area contributed by atoms with Gasteiger partial charge in [-0.2, -0.15) is 0 Å². The van der Waals surface area contributed by atoms with Gasteiger partial charge in [-0.3, -0.25) is 4.79 Å². The average molecular weight is 359 g/mol. The Morgan fingerprint density at radius 2 is 2.00 bits per heavy atom. The largest absolute Gasteiger partial charge is 0.345 e. The minimum atomic E-state index is -0.183. The van der Waals surface area contributed by atoms with E-state index in [2.05, 4.69) is 49.7 Å². The molecule has 25 heavy (non-hydrogen) atoms. The van der Waals surface area contributed by atoms with E-state index < -0.39 is 0 Å². The van der Waals surface area contributed by atoms with E-state index in [0.29, 0.717) is 12.5 Å². The Labute approximate surface area is 155 Å². The Bertz CT molecular complexity index is 740. The van der Waals surface area contributed by atoms with Crippen LogP contribution in [-0.4, -0.2) is 20.9 Å². The van der Waals surface area contributed by atoms with Gasteiger partial charge in [-0.15, -0.1) is 0 Å². The number of nitrogens with zero attached hydrogens (tertiary/aromatic N) is 2. The monoisotopic (exact) mass is 358 g/mol. The molecule has 1 heterocycles. The highest BCUT2D eigenvalue weighted by Gasteiger charge is 2.35. The van der Waals surface area contributed by atoms with Gasteiger partial charge in [0.15, 0.2) is 0 Å². The van der Waals surface area contributed by atoms with E-state index in [0.717, 1.165) is 35.7 Å². The van der Waals surface area contributed by atoms with Crippen molar-refractivity contribution in [1.82, 2.24) is 9.47 Å². The molecule has 1 aliphatic carbocycles. The number of carbonyl (C=O) groups is 1. The van der Waals surface area contributed by atoms with E-state index >= 15 is 0 Å². The van der Waals surface area contributed by atoms with Crippen LogP contribution in [-0.2, 0) is 17.9 Å². The summed E-state index contributed by atoms with van der Waals surface area (Å²) in [6, 6.07) is 12.1. The molecule has 0 radical (unpaired) electrons. The van der Waals surface area contributed by atoms with Crippen molar-refractivity contribution in [3.8, 4) is 0 Å². The van der Waals surface area contributed by atoms with Crippen molar-refractivity contribution in [2.24, 2.45) is 5.92 Å². The van der Waals surface area contributed by atoms with E-state index in [1.54, 1.807) is 0 Å². The first-order valence-electron chi connectivity index (χ1n) is 9.04. The van der Waals surface area contributed by atoms with Gasteiger partial charge in [0.2, 0.25) is 5.91 Å². The highest BCUT2D eigenvalue weighted by Crippen LogP contribution is 2.31. The second kappa shape index (κ2) is 7.25. The maximum Gasteiger partial charge on any atom is 0.226 e. The molecule has 1 aromatic heterocycles. The van der Waals surface area contributed by atoms with Gasteiger partial charge in [-0.1, -0.05) is 30.2 Å². The zero-order valence-electron chi connectivity index (χ0n) is 15.3. The number of hydrogen-bond acceptors (Lipinski definition) is 1. The van der Waals surface area contributed by atoms with Gasteiger partial charge < -0.3 is 9.47 Å². The van der Waals surface area contributed by atoms with Crippen molar-refractivity contribution in [2.45, 2.75) is 58.7 Å². The zero-order valence-corrected chi connectivity index (χ0v) is 16.1. The molecule has 4 heteroatoms. The van der Waals surface area contributed by atoms with E-state index in [-0.39, 0.29) is 11.5 Å². The summed E-state index contributed by atoms with van der Waals surface area (Å²) in [5.41, 5.74) is 2.14. The second-order valence-electron chi connectivity index (χ2n) is 7.98. The van der Waals surface area contributed by atoms with Crippen molar-refractivity contribution < 1.29 is 4.79 Å². The Balaban J connectivity index is 1.79. The van der Waals surface area contributed by atoms with Gasteiger partial charge >= 0.3 is 0 Å². The molecule has 3 nitrogen and oxygen atoms in total. The van der Waals surface area contributed by atoms with E-state index in [1.165, 1.54) is 6.42 Å². The SMILES string of the molecule is CC(C)(C)N(Cc1cccn1Cc1cccc(Cl)c1)C(=O)C1CCC1. The molecule has 0 atom stereocenters. The molecule has 0 spiro atoms. The number of halogens is 1. The smallest absolute Gasteiger partial charge is 0.226 e. The second-order valence-corrected chi connectivity index (χ2v) is 8.42. The van der Waals surface area contributed by atoms with Crippen molar-refractivity contribution in [3.63, 3.8) is 0 Å². The summed E-state index contributed by atoms with van der Waals surface area (Å²) in [5.74, 6) is 0.518. The molecular formula is C21H27ClN2O.